The average Bonchev–Trinajstić information content (AvgIpc) is 1.69. The smallest absolute Gasteiger partial charge is 0.114 e. The summed E-state index contributed by atoms with van der Waals surface area (Å²) in [5, 5.41) is 3.88. The number of alkyl halides is 1. The Labute approximate surface area is 42.9 Å². The minimum atomic E-state index is -0.631. The van der Waals surface area contributed by atoms with Crippen LogP contribution in [0.25, 0.3) is 0 Å². The fraction of sp³-hybridized carbons (Fsp3) is 1.00. The number of nitrogens with zero attached hydrogens (tertiary/aromatic N) is 1. The van der Waals surface area contributed by atoms with Gasteiger partial charge in [-0.05, 0) is 12.8 Å². The molecule has 1 aliphatic heterocycles. The zero-order valence-corrected chi connectivity index (χ0v) is 4.23. The third-order valence-electron chi connectivity index (χ3n) is 1.16. The normalized spacial score (nSPS) is 33.0. The van der Waals surface area contributed by atoms with Crippen LogP contribution < -0.4 is 5.32 Å². The summed E-state index contributed by atoms with van der Waals surface area (Å²) >= 11 is 0. The number of halogens is 1. The zero-order chi connectivity index (χ0) is 5.11. The largest absolute Gasteiger partial charge is 0.246 e. The van der Waals surface area contributed by atoms with E-state index in [1.165, 1.54) is 0 Å². The monoisotopic (exact) mass is 102 g/mol. The molecule has 1 rings (SSSR count). The molecular weight excluding hydrogens is 93.1 g/mol. The highest BCUT2D eigenvalue weighted by molar-refractivity contribution is 4.65. The summed E-state index contributed by atoms with van der Waals surface area (Å²) in [5.41, 5.74) is 0. The Kier molecular flexibility index (Phi) is 1.63. The minimum absolute atomic E-state index is 0.444. The zero-order valence-electron chi connectivity index (χ0n) is 4.23. The highest BCUT2D eigenvalue weighted by Crippen LogP contribution is 2.04. The number of piperidine rings is 1. The molecule has 1 heterocycles. The van der Waals surface area contributed by atoms with Crippen LogP contribution in [0, 0.1) is 0 Å². The SMILES string of the molecule is FC1CCC[N]C1. The van der Waals surface area contributed by atoms with Crippen LogP contribution in [0.5, 0.6) is 0 Å². The van der Waals surface area contributed by atoms with E-state index >= 15 is 0 Å². The number of hydrogen-bond acceptors (Lipinski definition) is 0. The van der Waals surface area contributed by atoms with Gasteiger partial charge in [-0.25, -0.2) is 9.71 Å². The minimum Gasteiger partial charge on any atom is -0.246 e. The van der Waals surface area contributed by atoms with E-state index in [0.717, 1.165) is 19.4 Å². The van der Waals surface area contributed by atoms with Crippen molar-refractivity contribution in [3.05, 3.63) is 0 Å². The van der Waals surface area contributed by atoms with Gasteiger partial charge in [0, 0.05) is 13.1 Å². The van der Waals surface area contributed by atoms with Crippen molar-refractivity contribution < 1.29 is 4.39 Å². The van der Waals surface area contributed by atoms with E-state index in [2.05, 4.69) is 5.32 Å². The second-order valence-electron chi connectivity index (χ2n) is 1.87. The summed E-state index contributed by atoms with van der Waals surface area (Å²) in [6.07, 6.45) is 1.04. The molecule has 0 aliphatic carbocycles. The Bertz CT molecular complexity index is 50.0. The molecule has 0 bridgehead atoms. The van der Waals surface area contributed by atoms with Gasteiger partial charge in [0.15, 0.2) is 0 Å². The second-order valence-corrected chi connectivity index (χ2v) is 1.87. The van der Waals surface area contributed by atoms with Crippen molar-refractivity contribution in [1.82, 2.24) is 5.32 Å². The molecule has 0 amide bonds. The highest BCUT2D eigenvalue weighted by atomic mass is 19.1. The molecule has 0 N–H and O–H groups in total. The predicted molar refractivity (Wildman–Crippen MR) is 26.0 cm³/mol. The van der Waals surface area contributed by atoms with Crippen molar-refractivity contribution in [2.24, 2.45) is 0 Å². The molecule has 1 aliphatic rings. The Hall–Kier alpha value is -0.110. The fourth-order valence-corrected chi connectivity index (χ4v) is 0.747. The van der Waals surface area contributed by atoms with E-state index in [9.17, 15) is 4.39 Å². The van der Waals surface area contributed by atoms with Crippen LogP contribution in [0.4, 0.5) is 4.39 Å². The first-order valence-corrected chi connectivity index (χ1v) is 2.67. The van der Waals surface area contributed by atoms with Gasteiger partial charge in [0.2, 0.25) is 0 Å². The van der Waals surface area contributed by atoms with Crippen molar-refractivity contribution in [1.29, 1.82) is 0 Å². The van der Waals surface area contributed by atoms with Crippen LogP contribution in [0.2, 0.25) is 0 Å². The average molecular weight is 102 g/mol. The first-order chi connectivity index (χ1) is 3.39. The fourth-order valence-electron chi connectivity index (χ4n) is 0.747. The molecule has 1 saturated heterocycles. The summed E-state index contributed by atoms with van der Waals surface area (Å²) in [4.78, 5) is 0. The summed E-state index contributed by atoms with van der Waals surface area (Å²) < 4.78 is 12.1. The lowest BCUT2D eigenvalue weighted by Crippen LogP contribution is -2.24. The topological polar surface area (TPSA) is 14.1 Å². The maximum absolute atomic E-state index is 12.1. The Morgan fingerprint density at radius 2 is 2.43 bits per heavy atom. The van der Waals surface area contributed by atoms with Crippen molar-refractivity contribution in [3.8, 4) is 0 Å². The van der Waals surface area contributed by atoms with Crippen LogP contribution in [-0.4, -0.2) is 19.3 Å². The summed E-state index contributed by atoms with van der Waals surface area (Å²) in [6, 6.07) is 0. The van der Waals surface area contributed by atoms with Crippen molar-refractivity contribution in [3.63, 3.8) is 0 Å². The molecule has 7 heavy (non-hydrogen) atoms. The van der Waals surface area contributed by atoms with Crippen LogP contribution in [0.15, 0.2) is 0 Å². The molecule has 0 saturated carbocycles. The van der Waals surface area contributed by atoms with Gasteiger partial charge in [-0.2, -0.15) is 0 Å². The molecule has 0 aromatic rings. The lowest BCUT2D eigenvalue weighted by molar-refractivity contribution is 0.263. The van der Waals surface area contributed by atoms with Gasteiger partial charge in [0.25, 0.3) is 0 Å². The van der Waals surface area contributed by atoms with Gasteiger partial charge in [0.1, 0.15) is 6.17 Å². The van der Waals surface area contributed by atoms with E-state index < -0.39 is 6.17 Å². The molecule has 0 aromatic heterocycles. The van der Waals surface area contributed by atoms with Gasteiger partial charge in [0.05, 0.1) is 0 Å². The van der Waals surface area contributed by atoms with Crippen molar-refractivity contribution in [2.45, 2.75) is 19.0 Å². The Morgan fingerprint density at radius 3 is 2.71 bits per heavy atom. The van der Waals surface area contributed by atoms with Crippen LogP contribution in [0.1, 0.15) is 12.8 Å². The van der Waals surface area contributed by atoms with E-state index in [4.69, 9.17) is 0 Å². The first kappa shape index (κ1) is 5.04. The van der Waals surface area contributed by atoms with E-state index in [-0.39, 0.29) is 0 Å². The molecule has 1 fully saturated rings. The quantitative estimate of drug-likeness (QED) is 0.428. The summed E-state index contributed by atoms with van der Waals surface area (Å²) in [5.74, 6) is 0. The predicted octanol–water partition coefficient (Wildman–Crippen LogP) is 0.723. The molecule has 0 spiro atoms. The van der Waals surface area contributed by atoms with Gasteiger partial charge in [-0.1, -0.05) is 0 Å². The molecule has 0 aromatic carbocycles. The molecule has 1 radical (unpaired) electrons. The van der Waals surface area contributed by atoms with Crippen LogP contribution in [0.3, 0.4) is 0 Å². The third-order valence-corrected chi connectivity index (χ3v) is 1.16. The van der Waals surface area contributed by atoms with Gasteiger partial charge in [-0.15, -0.1) is 0 Å². The molecule has 2 heteroatoms. The van der Waals surface area contributed by atoms with Crippen molar-refractivity contribution >= 4 is 0 Å². The molecule has 41 valence electrons. The van der Waals surface area contributed by atoms with E-state index in [0.29, 0.717) is 6.54 Å². The van der Waals surface area contributed by atoms with Gasteiger partial charge < -0.3 is 0 Å². The van der Waals surface area contributed by atoms with Crippen LogP contribution >= 0.6 is 0 Å². The van der Waals surface area contributed by atoms with Gasteiger partial charge in [-0.3, -0.25) is 0 Å². The van der Waals surface area contributed by atoms with Gasteiger partial charge >= 0.3 is 0 Å². The Morgan fingerprint density at radius 1 is 1.57 bits per heavy atom. The second kappa shape index (κ2) is 2.26. The Balaban J connectivity index is 2.12. The first-order valence-electron chi connectivity index (χ1n) is 2.67. The van der Waals surface area contributed by atoms with Crippen LogP contribution in [-0.2, 0) is 0 Å². The molecular formula is C5H9FN. The van der Waals surface area contributed by atoms with E-state index in [1.807, 2.05) is 0 Å². The molecule has 1 unspecified atom stereocenters. The number of hydrogen-bond donors (Lipinski definition) is 0. The highest BCUT2D eigenvalue weighted by Gasteiger charge is 2.10. The molecule has 1 nitrogen and oxygen atoms in total. The molecule has 1 atom stereocenters. The summed E-state index contributed by atoms with van der Waals surface area (Å²) in [7, 11) is 0. The van der Waals surface area contributed by atoms with E-state index in [1.54, 1.807) is 0 Å². The maximum atomic E-state index is 12.1. The lowest BCUT2D eigenvalue weighted by Gasteiger charge is -2.12. The lowest BCUT2D eigenvalue weighted by atomic mass is 10.1. The standard InChI is InChI=1S/C5H9FN/c6-5-2-1-3-7-4-5/h5H,1-4H2. The number of rotatable bonds is 0. The van der Waals surface area contributed by atoms with Crippen molar-refractivity contribution in [2.75, 3.05) is 13.1 Å². The maximum Gasteiger partial charge on any atom is 0.114 e. The summed E-state index contributed by atoms with van der Waals surface area (Å²) in [6.45, 7) is 1.32. The third kappa shape index (κ3) is 1.43.